The molecular weight excluding hydrogens is 1010 g/mol. The summed E-state index contributed by atoms with van der Waals surface area (Å²) in [4.78, 5) is 57.4. The highest BCUT2D eigenvalue weighted by molar-refractivity contribution is 5.81. The van der Waals surface area contributed by atoms with Crippen LogP contribution in [-0.2, 0) is 87.1 Å². The van der Waals surface area contributed by atoms with Crippen LogP contribution >= 0.6 is 0 Å². The van der Waals surface area contributed by atoms with Crippen LogP contribution in [0.4, 0.5) is 11.4 Å². The van der Waals surface area contributed by atoms with E-state index in [1.165, 1.54) is 12.1 Å². The average molecular weight is 1110 g/mol. The van der Waals surface area contributed by atoms with E-state index in [2.05, 4.69) is 5.32 Å². The fourth-order valence-corrected chi connectivity index (χ4v) is 7.41. The molecule has 1 saturated heterocycles. The molecule has 0 spiro atoms. The van der Waals surface area contributed by atoms with E-state index in [0.29, 0.717) is 261 Å². The van der Waals surface area contributed by atoms with Gasteiger partial charge in [0, 0.05) is 82.6 Å². The number of nitro groups is 2. The van der Waals surface area contributed by atoms with Crippen molar-refractivity contribution in [2.45, 2.75) is 83.5 Å². The minimum Gasteiger partial charge on any atom is -0.379 e. The van der Waals surface area contributed by atoms with Crippen molar-refractivity contribution >= 4 is 28.7 Å². The van der Waals surface area contributed by atoms with Crippen LogP contribution in [0.1, 0.15) is 82.6 Å². The van der Waals surface area contributed by atoms with E-state index in [1.807, 2.05) is 0 Å². The third-order valence-electron chi connectivity index (χ3n) is 11.5. The van der Waals surface area contributed by atoms with Gasteiger partial charge in [-0.25, -0.2) is 0 Å². The number of aryl methyl sites for hydroxylation is 1. The van der Waals surface area contributed by atoms with Crippen LogP contribution in [-0.4, -0.2) is 225 Å². The second kappa shape index (κ2) is 51.8. The van der Waals surface area contributed by atoms with Crippen molar-refractivity contribution in [2.24, 2.45) is 5.92 Å². The first-order valence-corrected chi connectivity index (χ1v) is 27.5. The maximum atomic E-state index is 12.2. The zero-order valence-corrected chi connectivity index (χ0v) is 45.7. The van der Waals surface area contributed by atoms with E-state index in [1.54, 1.807) is 0 Å². The number of ketones is 3. The molecule has 1 aromatic carbocycles. The molecule has 0 aliphatic carbocycles. The number of nitrogens with one attached hydrogen (secondary N) is 1. The molecule has 0 amide bonds. The zero-order chi connectivity index (χ0) is 55.3. The Labute approximate surface area is 455 Å². The Morgan fingerprint density at radius 3 is 1.08 bits per heavy atom. The number of carbonyl (C=O) groups is 3. The van der Waals surface area contributed by atoms with Crippen molar-refractivity contribution in [3.8, 4) is 0 Å². The van der Waals surface area contributed by atoms with E-state index >= 15 is 0 Å². The van der Waals surface area contributed by atoms with Crippen molar-refractivity contribution in [3.05, 3.63) is 44.0 Å². The van der Waals surface area contributed by atoms with Gasteiger partial charge >= 0.3 is 0 Å². The molecule has 1 fully saturated rings. The maximum Gasteiger partial charge on any atom is 0.279 e. The molecule has 1 aliphatic rings. The lowest BCUT2D eigenvalue weighted by molar-refractivity contribution is -0.394. The van der Waals surface area contributed by atoms with Gasteiger partial charge in [0.15, 0.2) is 0 Å². The summed E-state index contributed by atoms with van der Waals surface area (Å²) < 4.78 is 77.1. The average Bonchev–Trinajstić information content (AvgIpc) is 3.43. The Morgan fingerprint density at radius 1 is 0.429 bits per heavy atom. The van der Waals surface area contributed by atoms with E-state index < -0.39 is 9.85 Å². The van der Waals surface area contributed by atoms with Gasteiger partial charge in [-0.3, -0.25) is 34.6 Å². The largest absolute Gasteiger partial charge is 0.379 e. The summed E-state index contributed by atoms with van der Waals surface area (Å²) in [5, 5.41) is 25.4. The van der Waals surface area contributed by atoms with Crippen LogP contribution < -0.4 is 5.32 Å². The number of benzene rings is 1. The van der Waals surface area contributed by atoms with Gasteiger partial charge in [-0.15, -0.1) is 0 Å². The topological polar surface area (TPSA) is 279 Å². The zero-order valence-electron chi connectivity index (χ0n) is 45.7. The molecule has 0 unspecified atom stereocenters. The Bertz CT molecular complexity index is 1620. The molecule has 0 radical (unpaired) electrons. The second-order valence-electron chi connectivity index (χ2n) is 17.8. The first-order valence-electron chi connectivity index (χ1n) is 27.5. The van der Waals surface area contributed by atoms with E-state index in [4.69, 9.17) is 66.3 Å². The minimum atomic E-state index is -0.658. The van der Waals surface area contributed by atoms with Crippen molar-refractivity contribution in [2.75, 3.05) is 198 Å². The molecule has 0 saturated carbocycles. The highest BCUT2D eigenvalue weighted by Gasteiger charge is 2.21. The standard InChI is InChI=1S/C53H91N3O21/c57-50(11-4-18-65-22-26-69-30-34-73-38-42-76-41-37-72-33-29-68-25-21-64-17-3-8-47-14-15-49(55(60)61)45-52(47)56(62)63)9-1-10-51(58)12-5-19-66-23-27-70-31-35-74-39-43-77-44-40-75-36-32-71-28-24-67-20-6-13-53(59)48-7-2-16-54-46-48/h14-15,45,48,54H,1-13,16-44,46H2/t48-/m0/s1. The highest BCUT2D eigenvalue weighted by atomic mass is 16.6. The van der Waals surface area contributed by atoms with E-state index in [0.717, 1.165) is 38.4 Å². The predicted molar refractivity (Wildman–Crippen MR) is 282 cm³/mol. The summed E-state index contributed by atoms with van der Waals surface area (Å²) in [6.07, 6.45) is 7.77. The molecule has 1 heterocycles. The minimum absolute atomic E-state index is 0.134. The van der Waals surface area contributed by atoms with Gasteiger partial charge in [-0.05, 0) is 64.0 Å². The molecule has 2 rings (SSSR count). The molecule has 1 N–H and O–H groups in total. The van der Waals surface area contributed by atoms with Gasteiger partial charge in [-0.1, -0.05) is 0 Å². The van der Waals surface area contributed by atoms with Gasteiger partial charge in [0.25, 0.3) is 11.4 Å². The number of nitrogens with zero attached hydrogens (tertiary/aromatic N) is 2. The van der Waals surface area contributed by atoms with Crippen molar-refractivity contribution in [1.82, 2.24) is 5.32 Å². The lowest BCUT2D eigenvalue weighted by atomic mass is 9.93. The van der Waals surface area contributed by atoms with Gasteiger partial charge in [0.2, 0.25) is 0 Å². The number of ether oxygens (including phenoxy) is 14. The van der Waals surface area contributed by atoms with E-state index in [-0.39, 0.29) is 28.9 Å². The first kappa shape index (κ1) is 69.5. The molecule has 444 valence electrons. The second-order valence-corrected chi connectivity index (χ2v) is 17.8. The number of nitro benzene ring substituents is 2. The predicted octanol–water partition coefficient (Wildman–Crippen LogP) is 4.89. The van der Waals surface area contributed by atoms with Gasteiger partial charge in [0.05, 0.1) is 174 Å². The molecule has 24 nitrogen and oxygen atoms in total. The molecule has 1 atom stereocenters. The molecule has 77 heavy (non-hydrogen) atoms. The highest BCUT2D eigenvalue weighted by Crippen LogP contribution is 2.25. The number of Topliss-reactive ketones (excluding diaryl/α,β-unsaturated/α-hetero) is 3. The first-order chi connectivity index (χ1) is 37.8. The van der Waals surface area contributed by atoms with Crippen LogP contribution in [0.2, 0.25) is 0 Å². The molecule has 0 aromatic heterocycles. The molecule has 0 bridgehead atoms. The molecule has 1 aliphatic heterocycles. The number of hydrogen-bond acceptors (Lipinski definition) is 22. The number of piperidine rings is 1. The summed E-state index contributed by atoms with van der Waals surface area (Å²) in [7, 11) is 0. The maximum absolute atomic E-state index is 12.2. The van der Waals surface area contributed by atoms with Crippen molar-refractivity contribution in [1.29, 1.82) is 0 Å². The lowest BCUT2D eigenvalue weighted by Gasteiger charge is -2.21. The molecular formula is C53H91N3O21. The Balaban J connectivity index is 1.17. The van der Waals surface area contributed by atoms with E-state index in [9.17, 15) is 34.6 Å². The quantitative estimate of drug-likeness (QED) is 0.0516. The Morgan fingerprint density at radius 2 is 0.753 bits per heavy atom. The van der Waals surface area contributed by atoms with Crippen LogP contribution in [0.5, 0.6) is 0 Å². The Hall–Kier alpha value is -3.57. The van der Waals surface area contributed by atoms with Crippen LogP contribution in [0, 0.1) is 26.1 Å². The fourth-order valence-electron chi connectivity index (χ4n) is 7.41. The Kier molecular flexibility index (Phi) is 46.8. The van der Waals surface area contributed by atoms with Gasteiger partial charge < -0.3 is 71.6 Å². The molecule has 1 aromatic rings. The van der Waals surface area contributed by atoms with Crippen LogP contribution in [0.3, 0.4) is 0 Å². The summed E-state index contributed by atoms with van der Waals surface area (Å²) >= 11 is 0. The summed E-state index contributed by atoms with van der Waals surface area (Å²) in [6.45, 7) is 14.4. The van der Waals surface area contributed by atoms with Crippen molar-refractivity contribution < 1.29 is 90.5 Å². The SMILES string of the molecule is O=C(CCCOCCOCCOCCOCCOCCOCCOCCCC(=O)[C@H]1CCCNC1)CCCC(=O)CCCOCCOCCOCCOCCOCCOCCOCCCc1ccc([N+](=O)[O-])cc1[N+](=O)[O-]. The lowest BCUT2D eigenvalue weighted by Crippen LogP contribution is -2.34. The number of non-ortho nitro benzene ring substituents is 1. The number of rotatable bonds is 59. The molecule has 24 heteroatoms. The van der Waals surface area contributed by atoms with Crippen LogP contribution in [0.15, 0.2) is 18.2 Å². The van der Waals surface area contributed by atoms with Crippen LogP contribution in [0.25, 0.3) is 0 Å². The van der Waals surface area contributed by atoms with Crippen molar-refractivity contribution in [3.63, 3.8) is 0 Å². The third-order valence-corrected chi connectivity index (χ3v) is 11.5. The normalized spacial score (nSPS) is 13.6. The summed E-state index contributed by atoms with van der Waals surface area (Å²) in [6, 6.07) is 3.65. The fraction of sp³-hybridized carbons (Fsp3) is 0.830. The monoisotopic (exact) mass is 1110 g/mol. The summed E-state index contributed by atoms with van der Waals surface area (Å²) in [5.74, 6) is 0.787. The smallest absolute Gasteiger partial charge is 0.279 e. The summed E-state index contributed by atoms with van der Waals surface area (Å²) in [5.41, 5.74) is -0.154. The third kappa shape index (κ3) is 43.0. The number of carbonyl (C=O) groups excluding carboxylic acids is 3. The number of hydrogen-bond donors (Lipinski definition) is 1. The van der Waals surface area contributed by atoms with Gasteiger partial charge in [0.1, 0.15) is 17.3 Å². The van der Waals surface area contributed by atoms with Gasteiger partial charge in [-0.2, -0.15) is 0 Å².